The van der Waals surface area contributed by atoms with Crippen LogP contribution in [0.1, 0.15) is 0 Å². The molecule has 0 aliphatic carbocycles. The number of thiazole rings is 1. The fourth-order valence-corrected chi connectivity index (χ4v) is 4.46. The van der Waals surface area contributed by atoms with E-state index in [0.29, 0.717) is 10.2 Å². The summed E-state index contributed by atoms with van der Waals surface area (Å²) in [5, 5.41) is 0. The molecule has 1 N–H and O–H groups in total. The average Bonchev–Trinajstić information content (AvgIpc) is 2.94. The van der Waals surface area contributed by atoms with Gasteiger partial charge in [0.1, 0.15) is 10.6 Å². The second-order valence-electron chi connectivity index (χ2n) is 4.44. The quantitative estimate of drug-likeness (QED) is 0.723. The van der Waals surface area contributed by atoms with Crippen molar-refractivity contribution in [1.29, 1.82) is 0 Å². The van der Waals surface area contributed by atoms with E-state index in [0.717, 1.165) is 10.2 Å². The number of sulfonamides is 1. The molecule has 0 bridgehead atoms. The lowest BCUT2D eigenvalue weighted by Gasteiger charge is -2.12. The van der Waals surface area contributed by atoms with Crippen LogP contribution in [0.3, 0.4) is 0 Å². The minimum absolute atomic E-state index is 0.0776. The number of anilines is 1. The zero-order valence-corrected chi connectivity index (χ0v) is 14.6. The second-order valence-corrected chi connectivity index (χ2v) is 7.89. The van der Waals surface area contributed by atoms with Gasteiger partial charge in [-0.3, -0.25) is 4.72 Å². The monoisotopic (exact) mass is 398 g/mol. The minimum Gasteiger partial charge on any atom is -0.495 e. The molecule has 3 rings (SSSR count). The Kier molecular flexibility index (Phi) is 4.07. The highest BCUT2D eigenvalue weighted by molar-refractivity contribution is 9.10. The van der Waals surface area contributed by atoms with Gasteiger partial charge in [-0.2, -0.15) is 0 Å². The number of halogens is 1. The van der Waals surface area contributed by atoms with E-state index in [4.69, 9.17) is 4.74 Å². The van der Waals surface area contributed by atoms with Gasteiger partial charge in [-0.25, -0.2) is 13.4 Å². The predicted octanol–water partition coefficient (Wildman–Crippen LogP) is 3.87. The molecule has 2 aromatic carbocycles. The number of benzene rings is 2. The molecule has 0 unspecified atom stereocenters. The highest BCUT2D eigenvalue weighted by atomic mass is 79.9. The van der Waals surface area contributed by atoms with Gasteiger partial charge in [0, 0.05) is 4.47 Å². The van der Waals surface area contributed by atoms with Crippen molar-refractivity contribution in [2.45, 2.75) is 4.90 Å². The number of fused-ring (bicyclic) bond motifs is 1. The van der Waals surface area contributed by atoms with Crippen LogP contribution in [0, 0.1) is 0 Å². The molecule has 5 nitrogen and oxygen atoms in total. The van der Waals surface area contributed by atoms with Gasteiger partial charge >= 0.3 is 0 Å². The lowest BCUT2D eigenvalue weighted by atomic mass is 10.3. The predicted molar refractivity (Wildman–Crippen MR) is 91.1 cm³/mol. The number of nitrogens with zero attached hydrogens (tertiary/aromatic N) is 1. The van der Waals surface area contributed by atoms with Gasteiger partial charge in [0.25, 0.3) is 10.0 Å². The fourth-order valence-electron chi connectivity index (χ4n) is 1.99. The summed E-state index contributed by atoms with van der Waals surface area (Å²) in [5.41, 5.74) is 3.05. The molecule has 8 heteroatoms. The molecule has 0 aliphatic heterocycles. The Morgan fingerprint density at radius 3 is 2.82 bits per heavy atom. The Bertz CT molecular complexity index is 938. The maximum absolute atomic E-state index is 12.6. The molecular formula is C14H11BrN2O3S2. The summed E-state index contributed by atoms with van der Waals surface area (Å²) in [6.45, 7) is 0. The first-order chi connectivity index (χ1) is 10.5. The van der Waals surface area contributed by atoms with Gasteiger partial charge in [-0.05, 0) is 36.4 Å². The van der Waals surface area contributed by atoms with Crippen LogP contribution in [0.25, 0.3) is 10.2 Å². The summed E-state index contributed by atoms with van der Waals surface area (Å²) >= 11 is 4.73. The molecule has 1 aromatic heterocycles. The molecule has 1 heterocycles. The maximum Gasteiger partial charge on any atom is 0.265 e. The van der Waals surface area contributed by atoms with Crippen molar-refractivity contribution in [1.82, 2.24) is 4.98 Å². The Morgan fingerprint density at radius 1 is 1.23 bits per heavy atom. The van der Waals surface area contributed by atoms with E-state index in [1.165, 1.54) is 24.5 Å². The average molecular weight is 399 g/mol. The number of hydrogen-bond donors (Lipinski definition) is 1. The van der Waals surface area contributed by atoms with Crippen LogP contribution < -0.4 is 9.46 Å². The van der Waals surface area contributed by atoms with Gasteiger partial charge in [-0.1, -0.05) is 15.9 Å². The third-order valence-electron chi connectivity index (χ3n) is 3.00. The smallest absolute Gasteiger partial charge is 0.265 e. The summed E-state index contributed by atoms with van der Waals surface area (Å²) < 4.78 is 34.4. The molecule has 0 saturated heterocycles. The molecule has 22 heavy (non-hydrogen) atoms. The van der Waals surface area contributed by atoms with E-state index in [9.17, 15) is 8.42 Å². The second kappa shape index (κ2) is 5.86. The number of aromatic nitrogens is 1. The number of ether oxygens (including phenoxy) is 1. The molecule has 0 amide bonds. The molecular weight excluding hydrogens is 388 g/mol. The van der Waals surface area contributed by atoms with Crippen molar-refractivity contribution in [3.8, 4) is 5.75 Å². The highest BCUT2D eigenvalue weighted by Crippen LogP contribution is 2.30. The van der Waals surface area contributed by atoms with Crippen molar-refractivity contribution in [2.24, 2.45) is 0 Å². The number of hydrogen-bond acceptors (Lipinski definition) is 5. The van der Waals surface area contributed by atoms with Gasteiger partial charge in [0.2, 0.25) is 0 Å². The third kappa shape index (κ3) is 2.94. The van der Waals surface area contributed by atoms with Crippen LogP contribution in [0.4, 0.5) is 5.69 Å². The molecule has 0 atom stereocenters. The zero-order valence-electron chi connectivity index (χ0n) is 11.4. The Balaban J connectivity index is 2.01. The maximum atomic E-state index is 12.6. The van der Waals surface area contributed by atoms with E-state index in [-0.39, 0.29) is 10.6 Å². The first-order valence-electron chi connectivity index (χ1n) is 6.19. The van der Waals surface area contributed by atoms with Gasteiger partial charge in [0.05, 0.1) is 28.5 Å². The zero-order chi connectivity index (χ0) is 15.7. The summed E-state index contributed by atoms with van der Waals surface area (Å²) in [6.07, 6.45) is 0. The van der Waals surface area contributed by atoms with E-state index in [1.54, 1.807) is 35.8 Å². The van der Waals surface area contributed by atoms with Crippen molar-refractivity contribution in [3.05, 3.63) is 46.4 Å². The van der Waals surface area contributed by atoms with E-state index < -0.39 is 10.0 Å². The minimum atomic E-state index is -3.75. The van der Waals surface area contributed by atoms with Crippen LogP contribution >= 0.6 is 27.3 Å². The Labute approximate surface area is 140 Å². The van der Waals surface area contributed by atoms with Crippen molar-refractivity contribution >= 4 is 53.2 Å². The van der Waals surface area contributed by atoms with Gasteiger partial charge in [0.15, 0.2) is 0 Å². The van der Waals surface area contributed by atoms with E-state index >= 15 is 0 Å². The Morgan fingerprint density at radius 2 is 2.05 bits per heavy atom. The van der Waals surface area contributed by atoms with Crippen molar-refractivity contribution in [3.63, 3.8) is 0 Å². The third-order valence-corrected chi connectivity index (χ3v) is 5.69. The van der Waals surface area contributed by atoms with Crippen molar-refractivity contribution in [2.75, 3.05) is 11.8 Å². The van der Waals surface area contributed by atoms with Crippen LogP contribution in [0.2, 0.25) is 0 Å². The molecule has 0 radical (unpaired) electrons. The van der Waals surface area contributed by atoms with Crippen LogP contribution in [-0.4, -0.2) is 20.5 Å². The first-order valence-corrected chi connectivity index (χ1v) is 9.35. The SMILES string of the molecule is COc1ccc(Br)cc1S(=O)(=O)Nc1ccc2ncsc2c1. The van der Waals surface area contributed by atoms with E-state index in [2.05, 4.69) is 25.6 Å². The summed E-state index contributed by atoms with van der Waals surface area (Å²) in [7, 11) is -2.31. The molecule has 0 aliphatic rings. The molecule has 0 spiro atoms. The molecule has 3 aromatic rings. The van der Waals surface area contributed by atoms with Crippen molar-refractivity contribution < 1.29 is 13.2 Å². The molecule has 0 fully saturated rings. The molecule has 0 saturated carbocycles. The van der Waals surface area contributed by atoms with Crippen LogP contribution in [0.5, 0.6) is 5.75 Å². The first kappa shape index (κ1) is 15.3. The Hall–Kier alpha value is -1.64. The normalized spacial score (nSPS) is 11.5. The number of rotatable bonds is 4. The summed E-state index contributed by atoms with van der Waals surface area (Å²) in [6, 6.07) is 10.1. The lowest BCUT2D eigenvalue weighted by molar-refractivity contribution is 0.403. The standard InChI is InChI=1S/C14H11BrN2O3S2/c1-20-12-5-2-9(15)6-14(12)22(18,19)17-10-3-4-11-13(7-10)21-8-16-11/h2-8,17H,1H3. The van der Waals surface area contributed by atoms with Gasteiger partial charge in [-0.15, -0.1) is 11.3 Å². The highest BCUT2D eigenvalue weighted by Gasteiger charge is 2.20. The molecule has 114 valence electrons. The fraction of sp³-hybridized carbons (Fsp3) is 0.0714. The number of nitrogens with one attached hydrogen (secondary N) is 1. The number of methoxy groups -OCH3 is 1. The lowest BCUT2D eigenvalue weighted by Crippen LogP contribution is -2.14. The summed E-state index contributed by atoms with van der Waals surface area (Å²) in [5.74, 6) is 0.287. The van der Waals surface area contributed by atoms with E-state index in [1.807, 2.05) is 0 Å². The van der Waals surface area contributed by atoms with Crippen LogP contribution in [0.15, 0.2) is 51.3 Å². The topological polar surface area (TPSA) is 68.3 Å². The van der Waals surface area contributed by atoms with Crippen LogP contribution in [-0.2, 0) is 10.0 Å². The summed E-state index contributed by atoms with van der Waals surface area (Å²) in [4.78, 5) is 4.25. The largest absolute Gasteiger partial charge is 0.495 e. The van der Waals surface area contributed by atoms with Gasteiger partial charge < -0.3 is 4.74 Å².